The molecule has 2 aliphatic rings. The van der Waals surface area contributed by atoms with E-state index in [1.54, 1.807) is 0 Å². The minimum Gasteiger partial charge on any atom is -0.381 e. The fraction of sp³-hybridized carbons (Fsp3) is 0.556. The van der Waals surface area contributed by atoms with Gasteiger partial charge in [-0.3, -0.25) is 4.90 Å². The first-order valence-corrected chi connectivity index (χ1v) is 11.9. The van der Waals surface area contributed by atoms with Crippen molar-refractivity contribution in [3.05, 3.63) is 71.8 Å². The monoisotopic (exact) mass is 427 g/mol. The molecule has 0 N–H and O–H groups in total. The predicted molar refractivity (Wildman–Crippen MR) is 129 cm³/mol. The number of piperidine rings is 1. The number of halogens is 1. The van der Waals surface area contributed by atoms with Gasteiger partial charge in [0.15, 0.2) is 0 Å². The number of hydrogen-bond acceptors (Lipinski definition) is 2. The van der Waals surface area contributed by atoms with E-state index in [4.69, 9.17) is 16.3 Å². The summed E-state index contributed by atoms with van der Waals surface area (Å²) in [4.78, 5) is 2.69. The molecule has 0 aromatic heterocycles. The molecule has 1 unspecified atom stereocenters. The number of benzene rings is 1. The molecule has 0 amide bonds. The minimum absolute atomic E-state index is 0.0378. The van der Waals surface area contributed by atoms with Gasteiger partial charge in [-0.05, 0) is 85.7 Å². The third-order valence-corrected chi connectivity index (χ3v) is 7.46. The Kier molecular flexibility index (Phi) is 8.39. The SMILES string of the molecule is C=C/C=C(\C=C)C(CC(C)(C)c1ccc(Cl)cc1)N1CCC(C2CCOCC2)CC1. The van der Waals surface area contributed by atoms with Gasteiger partial charge in [-0.15, -0.1) is 0 Å². The van der Waals surface area contributed by atoms with E-state index < -0.39 is 0 Å². The highest BCUT2D eigenvalue weighted by Gasteiger charge is 2.34. The van der Waals surface area contributed by atoms with Gasteiger partial charge < -0.3 is 4.74 Å². The van der Waals surface area contributed by atoms with Gasteiger partial charge in [-0.1, -0.05) is 69.0 Å². The normalized spacial score (nSPS) is 21.4. The lowest BCUT2D eigenvalue weighted by Crippen LogP contribution is -2.46. The van der Waals surface area contributed by atoms with E-state index in [9.17, 15) is 0 Å². The lowest BCUT2D eigenvalue weighted by molar-refractivity contribution is 0.0256. The number of likely N-dealkylation sites (tertiary alicyclic amines) is 1. The topological polar surface area (TPSA) is 12.5 Å². The van der Waals surface area contributed by atoms with E-state index >= 15 is 0 Å². The zero-order valence-corrected chi connectivity index (χ0v) is 19.5. The summed E-state index contributed by atoms with van der Waals surface area (Å²) >= 11 is 6.13. The Morgan fingerprint density at radius 3 is 2.27 bits per heavy atom. The van der Waals surface area contributed by atoms with E-state index in [-0.39, 0.29) is 5.41 Å². The van der Waals surface area contributed by atoms with Crippen LogP contribution >= 0.6 is 11.6 Å². The van der Waals surface area contributed by atoms with Crippen molar-refractivity contribution in [2.75, 3.05) is 26.3 Å². The fourth-order valence-corrected chi connectivity index (χ4v) is 5.43. The first kappa shape index (κ1) is 23.3. The van der Waals surface area contributed by atoms with Crippen LogP contribution in [-0.2, 0) is 10.2 Å². The van der Waals surface area contributed by atoms with E-state index in [1.807, 2.05) is 24.3 Å². The van der Waals surface area contributed by atoms with Gasteiger partial charge >= 0.3 is 0 Å². The maximum atomic E-state index is 6.13. The van der Waals surface area contributed by atoms with Crippen molar-refractivity contribution < 1.29 is 4.74 Å². The van der Waals surface area contributed by atoms with Gasteiger partial charge in [-0.25, -0.2) is 0 Å². The quantitative estimate of drug-likeness (QED) is 0.422. The molecular formula is C27H38ClNO. The van der Waals surface area contributed by atoms with Crippen LogP contribution in [0.5, 0.6) is 0 Å². The largest absolute Gasteiger partial charge is 0.381 e. The van der Waals surface area contributed by atoms with Crippen LogP contribution in [-0.4, -0.2) is 37.2 Å². The van der Waals surface area contributed by atoms with Gasteiger partial charge in [0.05, 0.1) is 0 Å². The number of allylic oxidation sites excluding steroid dienone is 2. The predicted octanol–water partition coefficient (Wildman–Crippen LogP) is 6.81. The van der Waals surface area contributed by atoms with E-state index in [0.29, 0.717) is 6.04 Å². The lowest BCUT2D eigenvalue weighted by atomic mass is 9.75. The molecule has 2 aliphatic heterocycles. The third kappa shape index (κ3) is 5.87. The Bertz CT molecular complexity index is 722. The average molecular weight is 428 g/mol. The molecule has 0 aliphatic carbocycles. The molecule has 3 rings (SSSR count). The highest BCUT2D eigenvalue weighted by atomic mass is 35.5. The summed E-state index contributed by atoms with van der Waals surface area (Å²) in [6.45, 7) is 17.0. The Morgan fingerprint density at radius 1 is 1.10 bits per heavy atom. The summed E-state index contributed by atoms with van der Waals surface area (Å²) in [5.74, 6) is 1.71. The second-order valence-electron chi connectivity index (χ2n) is 9.54. The number of rotatable bonds is 8. The number of hydrogen-bond donors (Lipinski definition) is 0. The molecule has 2 heterocycles. The van der Waals surface area contributed by atoms with E-state index in [2.05, 4.69) is 50.1 Å². The standard InChI is InChI=1S/C27H38ClNO/c1-5-7-21(6-2)26(20-27(3,4)24-8-10-25(28)11-9-24)29-16-12-22(13-17-29)23-14-18-30-19-15-23/h5-11,22-23,26H,1-2,12-20H2,3-4H3/b21-7+. The van der Waals surface area contributed by atoms with Crippen molar-refractivity contribution in [1.29, 1.82) is 0 Å². The zero-order valence-electron chi connectivity index (χ0n) is 18.8. The molecule has 164 valence electrons. The highest BCUT2D eigenvalue weighted by Crippen LogP contribution is 2.37. The summed E-state index contributed by atoms with van der Waals surface area (Å²) in [7, 11) is 0. The average Bonchev–Trinajstić information content (AvgIpc) is 2.77. The van der Waals surface area contributed by atoms with Gasteiger partial charge in [0.1, 0.15) is 0 Å². The molecule has 0 radical (unpaired) electrons. The van der Waals surface area contributed by atoms with E-state index in [0.717, 1.165) is 49.6 Å². The molecule has 2 fully saturated rings. The van der Waals surface area contributed by atoms with Crippen molar-refractivity contribution in [3.8, 4) is 0 Å². The van der Waals surface area contributed by atoms with Crippen molar-refractivity contribution in [2.45, 2.75) is 57.4 Å². The summed E-state index contributed by atoms with van der Waals surface area (Å²) in [5, 5.41) is 0.791. The molecule has 0 saturated carbocycles. The van der Waals surface area contributed by atoms with Crippen LogP contribution in [0.25, 0.3) is 0 Å². The highest BCUT2D eigenvalue weighted by molar-refractivity contribution is 6.30. The van der Waals surface area contributed by atoms with Gasteiger partial charge in [-0.2, -0.15) is 0 Å². The van der Waals surface area contributed by atoms with Crippen molar-refractivity contribution in [3.63, 3.8) is 0 Å². The molecule has 3 heteroatoms. The summed E-state index contributed by atoms with van der Waals surface area (Å²) in [6, 6.07) is 8.69. The molecule has 0 bridgehead atoms. The van der Waals surface area contributed by atoms with Gasteiger partial charge in [0.25, 0.3) is 0 Å². The molecular weight excluding hydrogens is 390 g/mol. The summed E-state index contributed by atoms with van der Waals surface area (Å²) < 4.78 is 5.58. The van der Waals surface area contributed by atoms with Crippen molar-refractivity contribution >= 4 is 11.6 Å². The minimum atomic E-state index is 0.0378. The number of nitrogens with zero attached hydrogens (tertiary/aromatic N) is 1. The molecule has 2 nitrogen and oxygen atoms in total. The van der Waals surface area contributed by atoms with E-state index in [1.165, 1.54) is 36.8 Å². The summed E-state index contributed by atoms with van der Waals surface area (Å²) in [6.07, 6.45) is 12.2. The van der Waals surface area contributed by atoms with Crippen LogP contribution < -0.4 is 0 Å². The fourth-order valence-electron chi connectivity index (χ4n) is 5.30. The van der Waals surface area contributed by atoms with Crippen LogP contribution in [0.15, 0.2) is 61.2 Å². The van der Waals surface area contributed by atoms with Crippen LogP contribution in [0.4, 0.5) is 0 Å². The molecule has 2 saturated heterocycles. The van der Waals surface area contributed by atoms with Crippen LogP contribution in [0.1, 0.15) is 51.5 Å². The van der Waals surface area contributed by atoms with Crippen molar-refractivity contribution in [2.24, 2.45) is 11.8 Å². The maximum Gasteiger partial charge on any atom is 0.0468 e. The lowest BCUT2D eigenvalue weighted by Gasteiger charge is -2.43. The van der Waals surface area contributed by atoms with Crippen LogP contribution in [0.2, 0.25) is 5.02 Å². The van der Waals surface area contributed by atoms with Crippen LogP contribution in [0.3, 0.4) is 0 Å². The first-order chi connectivity index (χ1) is 14.4. The molecule has 1 aromatic carbocycles. The zero-order chi connectivity index (χ0) is 21.6. The van der Waals surface area contributed by atoms with Crippen LogP contribution in [0, 0.1) is 11.8 Å². The number of ether oxygens (including phenoxy) is 1. The molecule has 30 heavy (non-hydrogen) atoms. The smallest absolute Gasteiger partial charge is 0.0468 e. The Hall–Kier alpha value is -1.35. The van der Waals surface area contributed by atoms with Gasteiger partial charge in [0.2, 0.25) is 0 Å². The molecule has 1 aromatic rings. The second-order valence-corrected chi connectivity index (χ2v) is 9.98. The second kappa shape index (κ2) is 10.8. The first-order valence-electron chi connectivity index (χ1n) is 11.5. The Balaban J connectivity index is 1.74. The maximum absolute atomic E-state index is 6.13. The Labute approximate surface area is 188 Å². The van der Waals surface area contributed by atoms with Crippen molar-refractivity contribution in [1.82, 2.24) is 4.90 Å². The Morgan fingerprint density at radius 2 is 1.70 bits per heavy atom. The summed E-state index contributed by atoms with van der Waals surface area (Å²) in [5.41, 5.74) is 2.64. The van der Waals surface area contributed by atoms with Gasteiger partial charge in [0, 0.05) is 24.3 Å². The third-order valence-electron chi connectivity index (χ3n) is 7.21. The molecule has 1 atom stereocenters. The molecule has 0 spiro atoms.